The topological polar surface area (TPSA) is 9.23 Å². The Morgan fingerprint density at radius 1 is 0.636 bits per heavy atom. The van der Waals surface area contributed by atoms with Crippen molar-refractivity contribution in [3.05, 3.63) is 0 Å². The van der Waals surface area contributed by atoms with E-state index in [0.29, 0.717) is 0 Å². The van der Waals surface area contributed by atoms with Crippen molar-refractivity contribution in [2.24, 2.45) is 0 Å². The molecule has 1 saturated heterocycles. The molecule has 1 heterocycles. The van der Waals surface area contributed by atoms with Crippen LogP contribution >= 0.6 is 0 Å². The van der Waals surface area contributed by atoms with Crippen molar-refractivity contribution in [3.63, 3.8) is 0 Å². The summed E-state index contributed by atoms with van der Waals surface area (Å²) in [6.45, 7) is 2.00. The van der Waals surface area contributed by atoms with Crippen LogP contribution in [0.1, 0.15) is 12.8 Å². The Morgan fingerprint density at radius 2 is 0.909 bits per heavy atom. The molecule has 1 fully saturated rings. The second-order valence-corrected chi connectivity index (χ2v) is 1.32. The average molecular weight is 300 g/mol. The fraction of sp³-hybridized carbons (Fsp3) is 1.00. The molecule has 11 heavy (non-hydrogen) atoms. The van der Waals surface area contributed by atoms with E-state index in [4.69, 9.17) is 4.74 Å². The van der Waals surface area contributed by atoms with Gasteiger partial charge in [-0.05, 0) is 12.8 Å². The molecule has 0 amide bonds. The van der Waals surface area contributed by atoms with Gasteiger partial charge in [0, 0.05) is 13.2 Å². The van der Waals surface area contributed by atoms with Gasteiger partial charge in [-0.25, -0.2) is 0 Å². The monoisotopic (exact) mass is 298 g/mol. The predicted octanol–water partition coefficient (Wildman–Crippen LogP) is -14.2. The van der Waals surface area contributed by atoms with E-state index in [1.165, 1.54) is 12.8 Å². The minimum absolute atomic E-state index is 0. The molecule has 70 valence electrons. The average Bonchev–Trinajstić information content (AvgIpc) is 1.76. The SMILES string of the molecule is C1CCOC1.[Cl-].[Cl-].[Cl-].[Cl-].[Cl-].[V+5]. The Hall–Kier alpha value is 1.99. The fourth-order valence-electron chi connectivity index (χ4n) is 0.510. The molecule has 0 aliphatic carbocycles. The fourth-order valence-corrected chi connectivity index (χ4v) is 0.510. The van der Waals surface area contributed by atoms with Gasteiger partial charge in [-0.15, -0.1) is 0 Å². The van der Waals surface area contributed by atoms with Crippen LogP contribution in [0, 0.1) is 0 Å². The third-order valence-electron chi connectivity index (χ3n) is 0.827. The first-order chi connectivity index (χ1) is 2.50. The molecular formula is C4H8Cl5OV. The Bertz CT molecular complexity index is 30.1. The minimum Gasteiger partial charge on any atom is -1.00 e. The van der Waals surface area contributed by atoms with Gasteiger partial charge in [0.15, 0.2) is 0 Å². The third kappa shape index (κ3) is 24.5. The molecule has 0 aromatic heterocycles. The van der Waals surface area contributed by atoms with Gasteiger partial charge >= 0.3 is 18.6 Å². The second-order valence-electron chi connectivity index (χ2n) is 1.32. The van der Waals surface area contributed by atoms with Gasteiger partial charge in [0.1, 0.15) is 0 Å². The first-order valence-corrected chi connectivity index (χ1v) is 2.08. The van der Waals surface area contributed by atoms with Crippen LogP contribution in [0.5, 0.6) is 0 Å². The van der Waals surface area contributed by atoms with E-state index >= 15 is 0 Å². The molecule has 1 aliphatic rings. The van der Waals surface area contributed by atoms with E-state index < -0.39 is 0 Å². The largest absolute Gasteiger partial charge is 5.00 e. The van der Waals surface area contributed by atoms with E-state index in [9.17, 15) is 0 Å². The molecule has 0 aromatic rings. The molecule has 0 saturated carbocycles. The van der Waals surface area contributed by atoms with E-state index in [0.717, 1.165) is 13.2 Å². The standard InChI is InChI=1S/C4H8O.5ClH.V/c1-2-4-5-3-1;;;;;;/h1-4H2;5*1H;/q;;;;;;+5/p-5. The number of rotatable bonds is 0. The van der Waals surface area contributed by atoms with Crippen LogP contribution in [-0.2, 0) is 23.3 Å². The van der Waals surface area contributed by atoms with Gasteiger partial charge in [-0.1, -0.05) is 0 Å². The van der Waals surface area contributed by atoms with Crippen LogP contribution < -0.4 is 62.0 Å². The first-order valence-electron chi connectivity index (χ1n) is 2.08. The van der Waals surface area contributed by atoms with E-state index in [2.05, 4.69) is 0 Å². The molecule has 1 rings (SSSR count). The van der Waals surface area contributed by atoms with Gasteiger partial charge < -0.3 is 66.8 Å². The summed E-state index contributed by atoms with van der Waals surface area (Å²) >= 11 is 0. The molecule has 0 atom stereocenters. The third-order valence-corrected chi connectivity index (χ3v) is 0.827. The van der Waals surface area contributed by atoms with Crippen molar-refractivity contribution in [3.8, 4) is 0 Å². The molecule has 7 heteroatoms. The molecule has 0 bridgehead atoms. The van der Waals surface area contributed by atoms with Gasteiger partial charge in [0.05, 0.1) is 0 Å². The molecule has 0 aromatic carbocycles. The summed E-state index contributed by atoms with van der Waals surface area (Å²) in [6, 6.07) is 0. The summed E-state index contributed by atoms with van der Waals surface area (Å²) in [6.07, 6.45) is 2.56. The Labute approximate surface area is 111 Å². The number of halogens is 5. The molecule has 0 unspecified atom stereocenters. The smallest absolute Gasteiger partial charge is 1.00 e. The Balaban J connectivity index is -0.0000000104. The van der Waals surface area contributed by atoms with Gasteiger partial charge in [-0.3, -0.25) is 0 Å². The second kappa shape index (κ2) is 29.6. The first kappa shape index (κ1) is 38.2. The quantitative estimate of drug-likeness (QED) is 0.432. The van der Waals surface area contributed by atoms with Crippen molar-refractivity contribution >= 4 is 0 Å². The summed E-state index contributed by atoms with van der Waals surface area (Å²) in [5.74, 6) is 0. The van der Waals surface area contributed by atoms with Crippen LogP contribution in [0.3, 0.4) is 0 Å². The summed E-state index contributed by atoms with van der Waals surface area (Å²) < 4.78 is 4.94. The summed E-state index contributed by atoms with van der Waals surface area (Å²) in [7, 11) is 0. The number of hydrogen-bond donors (Lipinski definition) is 0. The van der Waals surface area contributed by atoms with Crippen molar-refractivity contribution in [2.45, 2.75) is 12.8 Å². The van der Waals surface area contributed by atoms with Gasteiger partial charge in [0.25, 0.3) is 0 Å². The summed E-state index contributed by atoms with van der Waals surface area (Å²) in [5, 5.41) is 0. The Kier molecular flexibility index (Phi) is 103. The van der Waals surface area contributed by atoms with Crippen LogP contribution in [-0.4, -0.2) is 13.2 Å². The maximum atomic E-state index is 4.94. The minimum atomic E-state index is 0. The molecular weight excluding hydrogens is 292 g/mol. The van der Waals surface area contributed by atoms with E-state index in [1.54, 1.807) is 0 Å². The molecule has 1 nitrogen and oxygen atoms in total. The van der Waals surface area contributed by atoms with Crippen molar-refractivity contribution in [2.75, 3.05) is 13.2 Å². The summed E-state index contributed by atoms with van der Waals surface area (Å²) in [5.41, 5.74) is 0. The Morgan fingerprint density at radius 3 is 1.00 bits per heavy atom. The van der Waals surface area contributed by atoms with E-state index in [-0.39, 0.29) is 80.6 Å². The van der Waals surface area contributed by atoms with Gasteiger partial charge in [0.2, 0.25) is 0 Å². The van der Waals surface area contributed by atoms with Crippen molar-refractivity contribution in [1.82, 2.24) is 0 Å². The van der Waals surface area contributed by atoms with Crippen LogP contribution in [0.25, 0.3) is 0 Å². The summed E-state index contributed by atoms with van der Waals surface area (Å²) in [4.78, 5) is 0. The number of hydrogen-bond acceptors (Lipinski definition) is 1. The molecule has 0 radical (unpaired) electrons. The number of ether oxygens (including phenoxy) is 1. The molecule has 0 N–H and O–H groups in total. The van der Waals surface area contributed by atoms with Crippen molar-refractivity contribution in [1.29, 1.82) is 0 Å². The zero-order valence-corrected chi connectivity index (χ0v) is 10.8. The zero-order valence-electron chi connectivity index (χ0n) is 5.57. The molecule has 1 aliphatic heterocycles. The normalized spacial score (nSPS) is 10.9. The van der Waals surface area contributed by atoms with Crippen molar-refractivity contribution < 1.29 is 85.3 Å². The molecule has 0 spiro atoms. The van der Waals surface area contributed by atoms with Crippen LogP contribution in [0.4, 0.5) is 0 Å². The zero-order chi connectivity index (χ0) is 3.54. The maximum Gasteiger partial charge on any atom is 5.00 e. The van der Waals surface area contributed by atoms with E-state index in [1.807, 2.05) is 0 Å². The predicted molar refractivity (Wildman–Crippen MR) is 20.1 cm³/mol. The van der Waals surface area contributed by atoms with Gasteiger partial charge in [-0.2, -0.15) is 0 Å². The van der Waals surface area contributed by atoms with Crippen LogP contribution in [0.2, 0.25) is 0 Å². The maximum absolute atomic E-state index is 4.94. The van der Waals surface area contributed by atoms with Crippen LogP contribution in [0.15, 0.2) is 0 Å².